The van der Waals surface area contributed by atoms with Gasteiger partial charge in [-0.15, -0.1) is 0 Å². The molecule has 0 unspecified atom stereocenters. The molecule has 1 rings (SSSR count). The maximum absolute atomic E-state index is 8.38. The number of benzene rings is 1. The van der Waals surface area contributed by atoms with E-state index in [1.165, 1.54) is 0 Å². The summed E-state index contributed by atoms with van der Waals surface area (Å²) in [5.74, 6) is 0.556. The van der Waals surface area contributed by atoms with Crippen LogP contribution in [0.1, 0.15) is 13.9 Å². The van der Waals surface area contributed by atoms with E-state index in [4.69, 9.17) is 16.8 Å². The normalized spacial score (nSPS) is 15.8. The SMILES string of the molecule is [2H][C@@](C)(N)Cc1ccc(O[B]O)cc1. The second kappa shape index (κ2) is 4.89. The second-order valence-electron chi connectivity index (χ2n) is 2.89. The zero-order valence-corrected chi connectivity index (χ0v) is 7.53. The Balaban J connectivity index is 2.64. The summed E-state index contributed by atoms with van der Waals surface area (Å²) in [7, 11) is 0.631. The van der Waals surface area contributed by atoms with Gasteiger partial charge in [-0.2, -0.15) is 0 Å². The fraction of sp³-hybridized carbons (Fsp3) is 0.333. The van der Waals surface area contributed by atoms with Crippen molar-refractivity contribution in [2.45, 2.75) is 19.4 Å². The van der Waals surface area contributed by atoms with Crippen LogP contribution in [0.5, 0.6) is 5.75 Å². The summed E-state index contributed by atoms with van der Waals surface area (Å²) in [6, 6.07) is 6.12. The van der Waals surface area contributed by atoms with Gasteiger partial charge in [-0.3, -0.25) is 0 Å². The van der Waals surface area contributed by atoms with Gasteiger partial charge in [-0.25, -0.2) is 0 Å². The molecule has 1 radical (unpaired) electrons. The summed E-state index contributed by atoms with van der Waals surface area (Å²) in [4.78, 5) is 0. The van der Waals surface area contributed by atoms with Gasteiger partial charge in [0.05, 0.1) is 5.75 Å². The average Bonchev–Trinajstić information content (AvgIpc) is 2.06. The van der Waals surface area contributed by atoms with Gasteiger partial charge in [0, 0.05) is 7.39 Å². The van der Waals surface area contributed by atoms with Crippen LogP contribution in [0.4, 0.5) is 0 Å². The predicted molar refractivity (Wildman–Crippen MR) is 52.4 cm³/mol. The van der Waals surface area contributed by atoms with Gasteiger partial charge >= 0.3 is 7.69 Å². The first-order valence-electron chi connectivity index (χ1n) is 4.52. The highest BCUT2D eigenvalue weighted by Gasteiger charge is 1.98. The van der Waals surface area contributed by atoms with Gasteiger partial charge in [0.1, 0.15) is 0 Å². The highest BCUT2D eigenvalue weighted by molar-refractivity contribution is 6.17. The molecule has 3 N–H and O–H groups in total. The summed E-state index contributed by atoms with van der Waals surface area (Å²) in [5, 5.41) is 8.38. The first-order valence-corrected chi connectivity index (χ1v) is 4.02. The third kappa shape index (κ3) is 3.48. The lowest BCUT2D eigenvalue weighted by Crippen LogP contribution is -2.17. The van der Waals surface area contributed by atoms with Crippen molar-refractivity contribution in [3.8, 4) is 5.75 Å². The van der Waals surface area contributed by atoms with E-state index in [1.54, 1.807) is 19.1 Å². The molecular weight excluding hydrogens is 165 g/mol. The van der Waals surface area contributed by atoms with Gasteiger partial charge in [0.25, 0.3) is 0 Å². The van der Waals surface area contributed by atoms with Gasteiger partial charge in [-0.05, 0) is 31.0 Å². The molecule has 3 nitrogen and oxygen atoms in total. The Morgan fingerprint density at radius 2 is 2.23 bits per heavy atom. The Labute approximate surface area is 80.2 Å². The van der Waals surface area contributed by atoms with E-state index < -0.39 is 6.02 Å². The number of nitrogens with two attached hydrogens (primary N) is 1. The maximum atomic E-state index is 8.38. The number of hydrogen-bond acceptors (Lipinski definition) is 3. The van der Waals surface area contributed by atoms with E-state index in [0.29, 0.717) is 19.9 Å². The molecule has 13 heavy (non-hydrogen) atoms. The maximum Gasteiger partial charge on any atom is 0.569 e. The van der Waals surface area contributed by atoms with E-state index in [2.05, 4.69) is 0 Å². The predicted octanol–water partition coefficient (Wildman–Crippen LogP) is 0.482. The molecule has 0 aliphatic heterocycles. The molecule has 0 amide bonds. The Morgan fingerprint density at radius 3 is 2.69 bits per heavy atom. The van der Waals surface area contributed by atoms with Crippen molar-refractivity contribution in [1.82, 2.24) is 0 Å². The molecule has 1 aromatic rings. The highest BCUT2D eigenvalue weighted by atomic mass is 16.5. The highest BCUT2D eigenvalue weighted by Crippen LogP contribution is 2.12. The molecule has 0 saturated heterocycles. The minimum atomic E-state index is -0.953. The molecule has 0 saturated carbocycles. The topological polar surface area (TPSA) is 55.5 Å². The standard InChI is InChI=1S/C9H13BNO2/c1-7(11)6-8-2-4-9(5-3-8)13-10-12/h2-5,7,12H,6,11H2,1H3/t7-/m0/s1/i7D. The summed E-state index contributed by atoms with van der Waals surface area (Å²) >= 11 is 0. The molecular formula is C9H13BNO2. The number of rotatable bonds is 4. The lowest BCUT2D eigenvalue weighted by molar-refractivity contribution is 0.453. The van der Waals surface area contributed by atoms with Crippen LogP contribution in [-0.2, 0) is 6.42 Å². The van der Waals surface area contributed by atoms with Crippen molar-refractivity contribution in [3.63, 3.8) is 0 Å². The summed E-state index contributed by atoms with van der Waals surface area (Å²) in [5.41, 5.74) is 6.52. The smallest absolute Gasteiger partial charge is 0.537 e. The zero-order chi connectivity index (χ0) is 10.6. The molecule has 0 aromatic heterocycles. The third-order valence-electron chi connectivity index (χ3n) is 1.60. The van der Waals surface area contributed by atoms with E-state index >= 15 is 0 Å². The Hall–Kier alpha value is -0.995. The van der Waals surface area contributed by atoms with Gasteiger partial charge < -0.3 is 15.4 Å². The minimum Gasteiger partial charge on any atom is -0.537 e. The van der Waals surface area contributed by atoms with Crippen molar-refractivity contribution >= 4 is 7.69 Å². The Kier molecular flexibility index (Phi) is 3.24. The van der Waals surface area contributed by atoms with Crippen molar-refractivity contribution in [2.24, 2.45) is 5.73 Å². The van der Waals surface area contributed by atoms with Crippen molar-refractivity contribution in [2.75, 3.05) is 0 Å². The summed E-state index contributed by atoms with van der Waals surface area (Å²) in [6.07, 6.45) is 0.482. The fourth-order valence-corrected chi connectivity index (χ4v) is 1.07. The van der Waals surface area contributed by atoms with Crippen LogP contribution >= 0.6 is 0 Å². The van der Waals surface area contributed by atoms with Crippen molar-refractivity contribution in [3.05, 3.63) is 29.8 Å². The van der Waals surface area contributed by atoms with Gasteiger partial charge in [0.2, 0.25) is 0 Å². The van der Waals surface area contributed by atoms with Crippen LogP contribution in [0.25, 0.3) is 0 Å². The lowest BCUT2D eigenvalue weighted by atomic mass is 10.1. The Morgan fingerprint density at radius 1 is 1.62 bits per heavy atom. The lowest BCUT2D eigenvalue weighted by Gasteiger charge is -2.06. The first kappa shape index (κ1) is 8.60. The third-order valence-corrected chi connectivity index (χ3v) is 1.60. The monoisotopic (exact) mass is 179 g/mol. The molecule has 0 aliphatic rings. The molecule has 1 atom stereocenters. The number of hydrogen-bond donors (Lipinski definition) is 2. The van der Waals surface area contributed by atoms with E-state index in [9.17, 15) is 0 Å². The van der Waals surface area contributed by atoms with Crippen molar-refractivity contribution in [1.29, 1.82) is 0 Å². The summed E-state index contributed by atoms with van der Waals surface area (Å²) in [6.45, 7) is 1.65. The molecule has 0 heterocycles. The van der Waals surface area contributed by atoms with Crippen LogP contribution in [0.15, 0.2) is 24.3 Å². The molecule has 0 spiro atoms. The molecule has 1 aromatic carbocycles. The van der Waals surface area contributed by atoms with E-state index in [0.717, 1.165) is 5.56 Å². The minimum absolute atomic E-state index is 0.482. The largest absolute Gasteiger partial charge is 0.569 e. The van der Waals surface area contributed by atoms with Gasteiger partial charge in [-0.1, -0.05) is 12.1 Å². The molecule has 0 aliphatic carbocycles. The van der Waals surface area contributed by atoms with Crippen LogP contribution in [0.3, 0.4) is 0 Å². The molecule has 69 valence electrons. The van der Waals surface area contributed by atoms with Crippen LogP contribution in [0, 0.1) is 0 Å². The first-order chi connectivity index (χ1) is 6.51. The van der Waals surface area contributed by atoms with Gasteiger partial charge in [0.15, 0.2) is 0 Å². The van der Waals surface area contributed by atoms with E-state index in [-0.39, 0.29) is 0 Å². The summed E-state index contributed by atoms with van der Waals surface area (Å²) < 4.78 is 12.2. The molecule has 4 heteroatoms. The molecule has 0 fully saturated rings. The Bertz CT molecular complexity index is 284. The second-order valence-corrected chi connectivity index (χ2v) is 2.89. The zero-order valence-electron chi connectivity index (χ0n) is 8.53. The van der Waals surface area contributed by atoms with E-state index in [1.807, 2.05) is 12.1 Å². The quantitative estimate of drug-likeness (QED) is 0.661. The van der Waals surface area contributed by atoms with Crippen molar-refractivity contribution < 1.29 is 11.0 Å². The average molecular weight is 179 g/mol. The fourth-order valence-electron chi connectivity index (χ4n) is 1.07. The van der Waals surface area contributed by atoms with Crippen LogP contribution in [-0.4, -0.2) is 18.7 Å². The molecule has 0 bridgehead atoms. The van der Waals surface area contributed by atoms with Crippen LogP contribution in [0.2, 0.25) is 0 Å². The van der Waals surface area contributed by atoms with Crippen LogP contribution < -0.4 is 10.4 Å².